The Morgan fingerprint density at radius 3 is 2.44 bits per heavy atom. The van der Waals surface area contributed by atoms with Gasteiger partial charge in [0.05, 0.1) is 0 Å². The lowest BCUT2D eigenvalue weighted by Gasteiger charge is -2.09. The number of benzene rings is 1. The largest absolute Gasteiger partial charge is 0.483 e. The van der Waals surface area contributed by atoms with Crippen molar-refractivity contribution in [3.63, 3.8) is 0 Å². The van der Waals surface area contributed by atoms with Gasteiger partial charge in [-0.3, -0.25) is 4.98 Å². The first-order valence-electron chi connectivity index (χ1n) is 5.40. The lowest BCUT2D eigenvalue weighted by atomic mass is 10.2. The number of pyridine rings is 1. The van der Waals surface area contributed by atoms with Crippen LogP contribution < -0.4 is 10.5 Å². The molecule has 0 saturated heterocycles. The number of aromatic nitrogens is 1. The number of halogens is 2. The van der Waals surface area contributed by atoms with Gasteiger partial charge in [-0.2, -0.15) is 0 Å². The van der Waals surface area contributed by atoms with Crippen LogP contribution in [-0.4, -0.2) is 4.98 Å². The summed E-state index contributed by atoms with van der Waals surface area (Å²) in [6.45, 7) is 0.139. The fourth-order valence-corrected chi connectivity index (χ4v) is 1.51. The molecule has 1 aromatic heterocycles. The van der Waals surface area contributed by atoms with E-state index < -0.39 is 17.4 Å². The van der Waals surface area contributed by atoms with Gasteiger partial charge in [-0.05, 0) is 23.8 Å². The summed E-state index contributed by atoms with van der Waals surface area (Å²) in [5.41, 5.74) is 6.44. The predicted octanol–water partition coefficient (Wildman–Crippen LogP) is 2.40. The van der Waals surface area contributed by atoms with Crippen LogP contribution in [0.4, 0.5) is 8.78 Å². The lowest BCUT2D eigenvalue weighted by molar-refractivity contribution is 0.273. The highest BCUT2D eigenvalue weighted by molar-refractivity contribution is 5.31. The fraction of sp³-hybridized carbons (Fsp3) is 0.154. The number of hydrogen-bond donors (Lipinski definition) is 1. The summed E-state index contributed by atoms with van der Waals surface area (Å²) in [5, 5.41) is 0. The summed E-state index contributed by atoms with van der Waals surface area (Å²) in [7, 11) is 0. The molecule has 0 aliphatic heterocycles. The molecule has 0 amide bonds. The van der Waals surface area contributed by atoms with Crippen LogP contribution in [0.25, 0.3) is 0 Å². The Kier molecular flexibility index (Phi) is 3.84. The molecule has 2 aromatic rings. The number of ether oxygens (including phenoxy) is 1. The topological polar surface area (TPSA) is 48.1 Å². The van der Waals surface area contributed by atoms with Gasteiger partial charge in [-0.1, -0.05) is 6.07 Å². The molecule has 1 aromatic carbocycles. The number of hydrogen-bond acceptors (Lipinski definition) is 3. The van der Waals surface area contributed by atoms with E-state index in [1.807, 2.05) is 0 Å². The maximum atomic E-state index is 13.6. The van der Waals surface area contributed by atoms with Gasteiger partial charge in [-0.25, -0.2) is 8.78 Å². The zero-order valence-electron chi connectivity index (χ0n) is 9.57. The van der Waals surface area contributed by atoms with Crippen molar-refractivity contribution < 1.29 is 13.5 Å². The van der Waals surface area contributed by atoms with Crippen LogP contribution >= 0.6 is 0 Å². The molecule has 0 aliphatic rings. The van der Waals surface area contributed by atoms with Gasteiger partial charge in [0.25, 0.3) is 0 Å². The molecule has 0 aliphatic carbocycles. The van der Waals surface area contributed by atoms with Crippen LogP contribution in [0.2, 0.25) is 0 Å². The molecule has 0 atom stereocenters. The van der Waals surface area contributed by atoms with Crippen molar-refractivity contribution in [3.05, 3.63) is 59.4 Å². The van der Waals surface area contributed by atoms with Crippen molar-refractivity contribution in [2.24, 2.45) is 5.73 Å². The summed E-state index contributed by atoms with van der Waals surface area (Å²) >= 11 is 0. The molecule has 5 heteroatoms. The second-order valence-electron chi connectivity index (χ2n) is 3.74. The number of nitrogens with two attached hydrogens (primary N) is 1. The molecule has 0 fully saturated rings. The fourth-order valence-electron chi connectivity index (χ4n) is 1.51. The molecule has 18 heavy (non-hydrogen) atoms. The molecule has 3 nitrogen and oxygen atoms in total. The van der Waals surface area contributed by atoms with E-state index in [4.69, 9.17) is 10.5 Å². The maximum Gasteiger partial charge on any atom is 0.191 e. The first-order valence-corrected chi connectivity index (χ1v) is 5.40. The van der Waals surface area contributed by atoms with Crippen LogP contribution in [-0.2, 0) is 13.2 Å². The van der Waals surface area contributed by atoms with Gasteiger partial charge >= 0.3 is 0 Å². The summed E-state index contributed by atoms with van der Waals surface area (Å²) in [4.78, 5) is 3.89. The first kappa shape index (κ1) is 12.4. The van der Waals surface area contributed by atoms with Gasteiger partial charge in [0.1, 0.15) is 6.61 Å². The predicted molar refractivity (Wildman–Crippen MR) is 62.8 cm³/mol. The average molecular weight is 250 g/mol. The minimum atomic E-state index is -0.751. The summed E-state index contributed by atoms with van der Waals surface area (Å²) in [6, 6.07) is 5.82. The third kappa shape index (κ3) is 2.81. The summed E-state index contributed by atoms with van der Waals surface area (Å²) in [6.07, 6.45) is 3.19. The van der Waals surface area contributed by atoms with E-state index in [2.05, 4.69) is 4.98 Å². The molecule has 94 valence electrons. The second kappa shape index (κ2) is 5.55. The lowest BCUT2D eigenvalue weighted by Crippen LogP contribution is -2.03. The maximum absolute atomic E-state index is 13.6. The highest BCUT2D eigenvalue weighted by Crippen LogP contribution is 2.24. The quantitative estimate of drug-likeness (QED) is 0.906. The Morgan fingerprint density at radius 2 is 1.89 bits per heavy atom. The first-order chi connectivity index (χ1) is 8.70. The molecule has 2 N–H and O–H groups in total. The molecule has 0 saturated carbocycles. The van der Waals surface area contributed by atoms with Crippen molar-refractivity contribution in [3.8, 4) is 5.75 Å². The van der Waals surface area contributed by atoms with Gasteiger partial charge in [-0.15, -0.1) is 0 Å². The van der Waals surface area contributed by atoms with Gasteiger partial charge < -0.3 is 10.5 Å². The smallest absolute Gasteiger partial charge is 0.191 e. The Morgan fingerprint density at radius 1 is 1.17 bits per heavy atom. The van der Waals surface area contributed by atoms with Crippen molar-refractivity contribution in [2.75, 3.05) is 0 Å². The molecule has 2 rings (SSSR count). The van der Waals surface area contributed by atoms with E-state index in [0.717, 1.165) is 5.56 Å². The third-order valence-electron chi connectivity index (χ3n) is 2.40. The normalized spacial score (nSPS) is 10.4. The molecular formula is C13H12F2N2O. The highest BCUT2D eigenvalue weighted by atomic mass is 19.1. The Bertz CT molecular complexity index is 509. The summed E-state index contributed by atoms with van der Waals surface area (Å²) < 4.78 is 32.3. The molecule has 0 bridgehead atoms. The summed E-state index contributed by atoms with van der Waals surface area (Å²) in [5.74, 6) is -1.89. The van der Waals surface area contributed by atoms with E-state index >= 15 is 0 Å². The van der Waals surface area contributed by atoms with Crippen LogP contribution in [0.5, 0.6) is 5.75 Å². The van der Waals surface area contributed by atoms with Crippen LogP contribution in [0.15, 0.2) is 36.7 Å². The molecule has 0 radical (unpaired) electrons. The van der Waals surface area contributed by atoms with E-state index in [9.17, 15) is 8.78 Å². The van der Waals surface area contributed by atoms with Crippen molar-refractivity contribution >= 4 is 0 Å². The van der Waals surface area contributed by atoms with Crippen LogP contribution in [0.3, 0.4) is 0 Å². The van der Waals surface area contributed by atoms with E-state index in [1.165, 1.54) is 12.1 Å². The van der Waals surface area contributed by atoms with E-state index in [-0.39, 0.29) is 13.2 Å². The Labute approximate surface area is 103 Å². The SMILES string of the molecule is NCc1cc(F)c(OCc2cccnc2)c(F)c1. The van der Waals surface area contributed by atoms with Crippen molar-refractivity contribution in [1.29, 1.82) is 0 Å². The van der Waals surface area contributed by atoms with Gasteiger partial charge in [0, 0.05) is 24.5 Å². The van der Waals surface area contributed by atoms with Gasteiger partial charge in [0.15, 0.2) is 17.4 Å². The van der Waals surface area contributed by atoms with Crippen molar-refractivity contribution in [2.45, 2.75) is 13.2 Å². The second-order valence-corrected chi connectivity index (χ2v) is 3.74. The molecule has 0 spiro atoms. The minimum Gasteiger partial charge on any atom is -0.483 e. The van der Waals surface area contributed by atoms with Gasteiger partial charge in [0.2, 0.25) is 0 Å². The number of rotatable bonds is 4. The minimum absolute atomic E-state index is 0.0592. The Hall–Kier alpha value is -2.01. The van der Waals surface area contributed by atoms with Crippen LogP contribution in [0.1, 0.15) is 11.1 Å². The zero-order chi connectivity index (χ0) is 13.0. The molecule has 1 heterocycles. The standard InChI is InChI=1S/C13H12F2N2O/c14-11-4-10(6-16)5-12(15)13(11)18-8-9-2-1-3-17-7-9/h1-5,7H,6,8,16H2. The zero-order valence-corrected chi connectivity index (χ0v) is 9.57. The monoisotopic (exact) mass is 250 g/mol. The van der Waals surface area contributed by atoms with Crippen LogP contribution in [0, 0.1) is 11.6 Å². The highest BCUT2D eigenvalue weighted by Gasteiger charge is 2.12. The third-order valence-corrected chi connectivity index (χ3v) is 2.40. The van der Waals surface area contributed by atoms with E-state index in [0.29, 0.717) is 5.56 Å². The Balaban J connectivity index is 2.15. The average Bonchev–Trinajstić information content (AvgIpc) is 2.38. The molecular weight excluding hydrogens is 238 g/mol. The van der Waals surface area contributed by atoms with E-state index in [1.54, 1.807) is 24.5 Å². The molecule has 0 unspecified atom stereocenters. The number of nitrogens with zero attached hydrogens (tertiary/aromatic N) is 1. The van der Waals surface area contributed by atoms with Crippen molar-refractivity contribution in [1.82, 2.24) is 4.98 Å².